The Hall–Kier alpha value is -1.06. The Bertz CT molecular complexity index is 301. The van der Waals surface area contributed by atoms with Crippen molar-refractivity contribution in [2.24, 2.45) is 5.41 Å². The second-order valence-electron chi connectivity index (χ2n) is 6.12. The molecule has 1 aliphatic carbocycles. The molecule has 1 N–H and O–H groups in total. The van der Waals surface area contributed by atoms with Gasteiger partial charge in [-0.05, 0) is 26.7 Å². The van der Waals surface area contributed by atoms with Gasteiger partial charge >= 0.3 is 0 Å². The normalized spacial score (nSPS) is 15.9. The van der Waals surface area contributed by atoms with Crippen molar-refractivity contribution in [3.05, 3.63) is 0 Å². The van der Waals surface area contributed by atoms with Crippen LogP contribution in [-0.4, -0.2) is 35.3 Å². The average Bonchev–Trinajstić information content (AvgIpc) is 2.95. The predicted molar refractivity (Wildman–Crippen MR) is 67.5 cm³/mol. The SMILES string of the molecule is CC(C)N(CC(=O)NC1CC1)C(=O)C(C)(C)C. The highest BCUT2D eigenvalue weighted by Crippen LogP contribution is 2.20. The molecule has 4 heteroatoms. The number of hydrogen-bond acceptors (Lipinski definition) is 2. The molecule has 0 atom stereocenters. The van der Waals surface area contributed by atoms with Crippen LogP contribution in [0.15, 0.2) is 0 Å². The molecule has 2 amide bonds. The van der Waals surface area contributed by atoms with Gasteiger partial charge in [-0.3, -0.25) is 9.59 Å². The summed E-state index contributed by atoms with van der Waals surface area (Å²) in [5.74, 6) is -0.0164. The summed E-state index contributed by atoms with van der Waals surface area (Å²) in [5.41, 5.74) is -0.440. The summed E-state index contributed by atoms with van der Waals surface area (Å²) in [6.45, 7) is 9.68. The summed E-state index contributed by atoms with van der Waals surface area (Å²) in [5, 5.41) is 2.91. The molecular formula is C13H24N2O2. The Morgan fingerprint density at radius 1 is 1.29 bits per heavy atom. The lowest BCUT2D eigenvalue weighted by atomic mass is 9.94. The summed E-state index contributed by atoms with van der Waals surface area (Å²) >= 11 is 0. The van der Waals surface area contributed by atoms with Crippen molar-refractivity contribution in [1.29, 1.82) is 0 Å². The number of carbonyl (C=O) groups is 2. The third-order valence-corrected chi connectivity index (χ3v) is 2.78. The van der Waals surface area contributed by atoms with Crippen molar-refractivity contribution < 1.29 is 9.59 Å². The van der Waals surface area contributed by atoms with E-state index >= 15 is 0 Å². The van der Waals surface area contributed by atoms with Crippen LogP contribution in [0.25, 0.3) is 0 Å². The maximum atomic E-state index is 12.2. The molecule has 0 heterocycles. The third kappa shape index (κ3) is 4.36. The number of nitrogens with zero attached hydrogens (tertiary/aromatic N) is 1. The van der Waals surface area contributed by atoms with Crippen LogP contribution in [0.3, 0.4) is 0 Å². The topological polar surface area (TPSA) is 49.4 Å². The minimum Gasteiger partial charge on any atom is -0.352 e. The molecule has 0 aromatic heterocycles. The van der Waals surface area contributed by atoms with Crippen LogP contribution >= 0.6 is 0 Å². The summed E-state index contributed by atoms with van der Waals surface area (Å²) in [7, 11) is 0. The second kappa shape index (κ2) is 5.07. The number of nitrogens with one attached hydrogen (secondary N) is 1. The van der Waals surface area contributed by atoms with Crippen molar-refractivity contribution in [1.82, 2.24) is 10.2 Å². The van der Waals surface area contributed by atoms with E-state index in [1.807, 2.05) is 34.6 Å². The molecule has 1 aliphatic rings. The maximum Gasteiger partial charge on any atom is 0.239 e. The smallest absolute Gasteiger partial charge is 0.239 e. The largest absolute Gasteiger partial charge is 0.352 e. The Morgan fingerprint density at radius 2 is 1.82 bits per heavy atom. The highest BCUT2D eigenvalue weighted by molar-refractivity contribution is 5.87. The van der Waals surface area contributed by atoms with Crippen molar-refractivity contribution in [2.75, 3.05) is 6.54 Å². The summed E-state index contributed by atoms with van der Waals surface area (Å²) in [6, 6.07) is 0.396. The Balaban J connectivity index is 2.58. The fourth-order valence-corrected chi connectivity index (χ4v) is 1.58. The van der Waals surface area contributed by atoms with Gasteiger partial charge in [-0.2, -0.15) is 0 Å². The molecule has 0 aromatic carbocycles. The molecule has 0 aromatic rings. The standard InChI is InChI=1S/C13H24N2O2/c1-9(2)15(12(17)13(3,4)5)8-11(16)14-10-6-7-10/h9-10H,6-8H2,1-5H3,(H,14,16). The minimum atomic E-state index is -0.440. The molecule has 0 aliphatic heterocycles. The molecule has 1 rings (SSSR count). The van der Waals surface area contributed by atoms with E-state index in [1.165, 1.54) is 0 Å². The van der Waals surface area contributed by atoms with E-state index in [9.17, 15) is 9.59 Å². The average molecular weight is 240 g/mol. The van der Waals surface area contributed by atoms with E-state index in [4.69, 9.17) is 0 Å². The van der Waals surface area contributed by atoms with Gasteiger partial charge in [-0.1, -0.05) is 20.8 Å². The van der Waals surface area contributed by atoms with Gasteiger partial charge in [0.05, 0.1) is 6.54 Å². The van der Waals surface area contributed by atoms with Crippen molar-refractivity contribution >= 4 is 11.8 Å². The first-order valence-electron chi connectivity index (χ1n) is 6.32. The van der Waals surface area contributed by atoms with Crippen LogP contribution in [0.2, 0.25) is 0 Å². The number of amides is 2. The first-order valence-corrected chi connectivity index (χ1v) is 6.32. The maximum absolute atomic E-state index is 12.2. The van der Waals surface area contributed by atoms with E-state index in [0.29, 0.717) is 6.04 Å². The van der Waals surface area contributed by atoms with Crippen LogP contribution in [0.1, 0.15) is 47.5 Å². The Kier molecular flexibility index (Phi) is 4.17. The molecular weight excluding hydrogens is 216 g/mol. The fourth-order valence-electron chi connectivity index (χ4n) is 1.58. The zero-order chi connectivity index (χ0) is 13.2. The van der Waals surface area contributed by atoms with Crippen molar-refractivity contribution in [3.63, 3.8) is 0 Å². The van der Waals surface area contributed by atoms with Gasteiger partial charge in [-0.15, -0.1) is 0 Å². The molecule has 0 bridgehead atoms. The quantitative estimate of drug-likeness (QED) is 0.810. The van der Waals surface area contributed by atoms with E-state index in [2.05, 4.69) is 5.32 Å². The molecule has 0 radical (unpaired) electrons. The highest BCUT2D eigenvalue weighted by atomic mass is 16.2. The number of carbonyl (C=O) groups excluding carboxylic acids is 2. The second-order valence-corrected chi connectivity index (χ2v) is 6.12. The first-order chi connectivity index (χ1) is 7.71. The van der Waals surface area contributed by atoms with Crippen LogP contribution in [0, 0.1) is 5.41 Å². The lowest BCUT2D eigenvalue weighted by molar-refractivity contribution is -0.144. The van der Waals surface area contributed by atoms with E-state index in [1.54, 1.807) is 4.90 Å². The minimum absolute atomic E-state index is 0.0263. The van der Waals surface area contributed by atoms with Gasteiger partial charge < -0.3 is 10.2 Å². The first kappa shape index (κ1) is 14.0. The molecule has 0 spiro atoms. The zero-order valence-electron chi connectivity index (χ0n) is 11.5. The lowest BCUT2D eigenvalue weighted by Crippen LogP contribution is -2.48. The van der Waals surface area contributed by atoms with Crippen LogP contribution < -0.4 is 5.32 Å². The van der Waals surface area contributed by atoms with E-state index in [-0.39, 0.29) is 24.4 Å². The lowest BCUT2D eigenvalue weighted by Gasteiger charge is -2.32. The fraction of sp³-hybridized carbons (Fsp3) is 0.846. The molecule has 17 heavy (non-hydrogen) atoms. The van der Waals surface area contributed by atoms with Crippen molar-refractivity contribution in [2.45, 2.75) is 59.5 Å². The van der Waals surface area contributed by atoms with Gasteiger partial charge in [0.1, 0.15) is 0 Å². The molecule has 4 nitrogen and oxygen atoms in total. The van der Waals surface area contributed by atoms with Crippen LogP contribution in [-0.2, 0) is 9.59 Å². The summed E-state index contributed by atoms with van der Waals surface area (Å²) in [6.07, 6.45) is 2.14. The molecule has 1 fully saturated rings. The summed E-state index contributed by atoms with van der Waals surface area (Å²) < 4.78 is 0. The van der Waals surface area contributed by atoms with E-state index < -0.39 is 5.41 Å². The number of hydrogen-bond donors (Lipinski definition) is 1. The Morgan fingerprint density at radius 3 is 2.18 bits per heavy atom. The predicted octanol–water partition coefficient (Wildman–Crippen LogP) is 1.55. The molecule has 0 unspecified atom stereocenters. The van der Waals surface area contributed by atoms with Crippen LogP contribution in [0.4, 0.5) is 0 Å². The number of rotatable bonds is 4. The van der Waals surface area contributed by atoms with Crippen molar-refractivity contribution in [3.8, 4) is 0 Å². The van der Waals surface area contributed by atoms with Gasteiger partial charge in [0.15, 0.2) is 0 Å². The Labute approximate surface area is 104 Å². The molecule has 1 saturated carbocycles. The van der Waals surface area contributed by atoms with Crippen LogP contribution in [0.5, 0.6) is 0 Å². The zero-order valence-corrected chi connectivity index (χ0v) is 11.5. The van der Waals surface area contributed by atoms with E-state index in [0.717, 1.165) is 12.8 Å². The molecule has 98 valence electrons. The third-order valence-electron chi connectivity index (χ3n) is 2.78. The van der Waals surface area contributed by atoms with Gasteiger partial charge in [-0.25, -0.2) is 0 Å². The highest BCUT2D eigenvalue weighted by Gasteiger charge is 2.31. The monoisotopic (exact) mass is 240 g/mol. The summed E-state index contributed by atoms with van der Waals surface area (Å²) in [4.78, 5) is 25.6. The molecule has 0 saturated heterocycles. The van der Waals surface area contributed by atoms with Gasteiger partial charge in [0.2, 0.25) is 11.8 Å². The van der Waals surface area contributed by atoms with Gasteiger partial charge in [0.25, 0.3) is 0 Å². The van der Waals surface area contributed by atoms with Gasteiger partial charge in [0, 0.05) is 17.5 Å².